The third kappa shape index (κ3) is 5.90. The number of rotatable bonds is 8. The zero-order valence-electron chi connectivity index (χ0n) is 17.6. The summed E-state index contributed by atoms with van der Waals surface area (Å²) in [6.07, 6.45) is 0.976. The highest BCUT2D eigenvalue weighted by Crippen LogP contribution is 2.18. The van der Waals surface area contributed by atoms with Gasteiger partial charge in [0.05, 0.1) is 0 Å². The van der Waals surface area contributed by atoms with E-state index in [2.05, 4.69) is 82.5 Å². The Hall–Kier alpha value is -2.67. The minimum Gasteiger partial charge on any atom is -0.356 e. The Kier molecular flexibility index (Phi) is 7.41. The van der Waals surface area contributed by atoms with Crippen LogP contribution in [0, 0.1) is 6.92 Å². The molecule has 2 atom stereocenters. The Morgan fingerprint density at radius 3 is 2.59 bits per heavy atom. The number of guanidine groups is 1. The van der Waals surface area contributed by atoms with E-state index < -0.39 is 0 Å². The summed E-state index contributed by atoms with van der Waals surface area (Å²) in [5.41, 5.74) is 1.31. The van der Waals surface area contributed by atoms with Crippen LogP contribution in [0.15, 0.2) is 52.8 Å². The molecule has 3 rings (SSSR count). The van der Waals surface area contributed by atoms with Gasteiger partial charge in [-0.2, -0.15) is 0 Å². The number of thiophene rings is 1. The van der Waals surface area contributed by atoms with E-state index in [0.717, 1.165) is 30.6 Å². The van der Waals surface area contributed by atoms with Crippen molar-refractivity contribution < 1.29 is 0 Å². The van der Waals surface area contributed by atoms with Gasteiger partial charge in [0.1, 0.15) is 12.4 Å². The first-order valence-electron chi connectivity index (χ1n) is 10.0. The summed E-state index contributed by atoms with van der Waals surface area (Å²) in [7, 11) is 1.97. The Morgan fingerprint density at radius 1 is 1.14 bits per heavy atom. The van der Waals surface area contributed by atoms with Gasteiger partial charge in [-0.05, 0) is 37.3 Å². The minimum atomic E-state index is 0.228. The minimum absolute atomic E-state index is 0.228. The number of aliphatic imine (C=N–C) groups is 1. The zero-order valence-corrected chi connectivity index (χ0v) is 18.4. The van der Waals surface area contributed by atoms with E-state index in [4.69, 9.17) is 4.99 Å². The molecule has 7 heteroatoms. The normalized spacial score (nSPS) is 13.9. The molecule has 0 aliphatic heterocycles. The highest BCUT2D eigenvalue weighted by molar-refractivity contribution is 7.09. The second-order valence-corrected chi connectivity index (χ2v) is 8.31. The predicted molar refractivity (Wildman–Crippen MR) is 120 cm³/mol. The van der Waals surface area contributed by atoms with Crippen molar-refractivity contribution in [3.63, 3.8) is 0 Å². The first kappa shape index (κ1) is 21.0. The Bertz CT molecular complexity index is 901. The average molecular weight is 411 g/mol. The molecule has 2 N–H and O–H groups in total. The third-order valence-electron chi connectivity index (χ3n) is 5.25. The largest absolute Gasteiger partial charge is 0.356 e. The Labute approximate surface area is 177 Å². The van der Waals surface area contributed by atoms with Gasteiger partial charge in [-0.15, -0.1) is 21.5 Å². The van der Waals surface area contributed by atoms with Crippen molar-refractivity contribution in [3.05, 3.63) is 69.9 Å². The molecule has 0 radical (unpaired) electrons. The van der Waals surface area contributed by atoms with Crippen molar-refractivity contribution in [3.8, 4) is 0 Å². The second-order valence-electron chi connectivity index (χ2n) is 7.28. The quantitative estimate of drug-likeness (QED) is 0.439. The molecule has 2 heterocycles. The van der Waals surface area contributed by atoms with Crippen molar-refractivity contribution in [2.45, 2.75) is 45.7 Å². The standard InChI is InChI=1S/C22H30N6S/c1-16(19-9-6-5-7-10-19)17(2)25-22(23-13-12-20-11-8-14-29-20)24-15-21-27-26-18(3)28(21)4/h5-11,14,16-17H,12-13,15H2,1-4H3,(H2,23,24,25). The highest BCUT2D eigenvalue weighted by Gasteiger charge is 2.16. The Balaban J connectivity index is 1.66. The van der Waals surface area contributed by atoms with E-state index in [1.165, 1.54) is 10.4 Å². The molecule has 0 aliphatic carbocycles. The van der Waals surface area contributed by atoms with Crippen molar-refractivity contribution >= 4 is 17.3 Å². The average Bonchev–Trinajstić information content (AvgIpc) is 3.36. The van der Waals surface area contributed by atoms with Gasteiger partial charge in [-0.1, -0.05) is 43.3 Å². The maximum atomic E-state index is 4.78. The fourth-order valence-corrected chi connectivity index (χ4v) is 3.74. The van der Waals surface area contributed by atoms with Gasteiger partial charge in [-0.25, -0.2) is 4.99 Å². The summed E-state index contributed by atoms with van der Waals surface area (Å²) in [6.45, 7) is 7.69. The van der Waals surface area contributed by atoms with Gasteiger partial charge < -0.3 is 15.2 Å². The highest BCUT2D eigenvalue weighted by atomic mass is 32.1. The van der Waals surface area contributed by atoms with Crippen LogP contribution in [0.1, 0.15) is 41.9 Å². The molecule has 0 fully saturated rings. The molecular weight excluding hydrogens is 380 g/mol. The summed E-state index contributed by atoms with van der Waals surface area (Å²) in [5, 5.41) is 17.5. The summed E-state index contributed by atoms with van der Waals surface area (Å²) >= 11 is 1.78. The van der Waals surface area contributed by atoms with E-state index >= 15 is 0 Å². The summed E-state index contributed by atoms with van der Waals surface area (Å²) in [5.74, 6) is 2.90. The SMILES string of the molecule is Cc1nnc(CN=C(NCCc2cccs2)NC(C)C(C)c2ccccc2)n1C. The first-order valence-corrected chi connectivity index (χ1v) is 10.9. The lowest BCUT2D eigenvalue weighted by atomic mass is 9.94. The predicted octanol–water partition coefficient (Wildman–Crippen LogP) is 3.66. The number of nitrogens with one attached hydrogen (secondary N) is 2. The summed E-state index contributed by atoms with van der Waals surface area (Å²) in [6, 6.07) is 15.1. The molecule has 0 saturated carbocycles. The Morgan fingerprint density at radius 2 is 1.93 bits per heavy atom. The van der Waals surface area contributed by atoms with Gasteiger partial charge in [0.25, 0.3) is 0 Å². The van der Waals surface area contributed by atoms with Crippen LogP contribution in [0.5, 0.6) is 0 Å². The van der Waals surface area contributed by atoms with Gasteiger partial charge in [0.2, 0.25) is 0 Å². The lowest BCUT2D eigenvalue weighted by Gasteiger charge is -2.24. The van der Waals surface area contributed by atoms with Gasteiger partial charge in [-0.3, -0.25) is 0 Å². The van der Waals surface area contributed by atoms with Gasteiger partial charge in [0, 0.05) is 30.4 Å². The molecule has 0 bridgehead atoms. The van der Waals surface area contributed by atoms with E-state index in [1.807, 2.05) is 18.5 Å². The van der Waals surface area contributed by atoms with Crippen molar-refractivity contribution in [1.29, 1.82) is 0 Å². The zero-order chi connectivity index (χ0) is 20.6. The molecule has 154 valence electrons. The fourth-order valence-electron chi connectivity index (χ4n) is 3.04. The number of hydrogen-bond donors (Lipinski definition) is 2. The summed E-state index contributed by atoms with van der Waals surface area (Å²) < 4.78 is 1.97. The molecule has 2 unspecified atom stereocenters. The number of aryl methyl sites for hydroxylation is 1. The maximum absolute atomic E-state index is 4.78. The smallest absolute Gasteiger partial charge is 0.191 e. The van der Waals surface area contributed by atoms with Crippen LogP contribution in [0.4, 0.5) is 0 Å². The lowest BCUT2D eigenvalue weighted by molar-refractivity contribution is 0.549. The molecule has 1 aromatic carbocycles. The molecule has 0 aliphatic rings. The number of hydrogen-bond acceptors (Lipinski definition) is 4. The molecule has 3 aromatic rings. The van der Waals surface area contributed by atoms with Crippen LogP contribution in [0.3, 0.4) is 0 Å². The topological polar surface area (TPSA) is 67.1 Å². The van der Waals surface area contributed by atoms with Crippen molar-refractivity contribution in [2.24, 2.45) is 12.0 Å². The number of nitrogens with zero attached hydrogens (tertiary/aromatic N) is 4. The van der Waals surface area contributed by atoms with Crippen molar-refractivity contribution in [2.75, 3.05) is 6.54 Å². The molecule has 0 saturated heterocycles. The fraction of sp³-hybridized carbons (Fsp3) is 0.409. The van der Waals surface area contributed by atoms with Crippen molar-refractivity contribution in [1.82, 2.24) is 25.4 Å². The molecule has 0 amide bonds. The second kappa shape index (κ2) is 10.2. The molecule has 29 heavy (non-hydrogen) atoms. The summed E-state index contributed by atoms with van der Waals surface area (Å²) in [4.78, 5) is 6.14. The van der Waals surface area contributed by atoms with Crippen LogP contribution in [-0.4, -0.2) is 33.3 Å². The third-order valence-corrected chi connectivity index (χ3v) is 6.18. The molecule has 0 spiro atoms. The van der Waals surface area contributed by atoms with E-state index in [1.54, 1.807) is 11.3 Å². The van der Waals surface area contributed by atoms with Crippen LogP contribution in [-0.2, 0) is 20.0 Å². The monoisotopic (exact) mass is 410 g/mol. The van der Waals surface area contributed by atoms with Gasteiger partial charge >= 0.3 is 0 Å². The molecule has 6 nitrogen and oxygen atoms in total. The van der Waals surface area contributed by atoms with Crippen LogP contribution in [0.2, 0.25) is 0 Å². The molecular formula is C22H30N6S. The maximum Gasteiger partial charge on any atom is 0.191 e. The van der Waals surface area contributed by atoms with E-state index in [-0.39, 0.29) is 6.04 Å². The van der Waals surface area contributed by atoms with Gasteiger partial charge in [0.15, 0.2) is 11.8 Å². The number of aromatic nitrogens is 3. The lowest BCUT2D eigenvalue weighted by Crippen LogP contribution is -2.44. The van der Waals surface area contributed by atoms with Crippen LogP contribution in [0.25, 0.3) is 0 Å². The van der Waals surface area contributed by atoms with Crippen LogP contribution >= 0.6 is 11.3 Å². The first-order chi connectivity index (χ1) is 14.0. The van der Waals surface area contributed by atoms with E-state index in [9.17, 15) is 0 Å². The molecule has 2 aromatic heterocycles. The number of benzene rings is 1. The van der Waals surface area contributed by atoms with E-state index in [0.29, 0.717) is 12.5 Å². The van der Waals surface area contributed by atoms with Crippen LogP contribution < -0.4 is 10.6 Å².